The number of rotatable bonds is 2. The molecule has 0 aliphatic heterocycles. The highest BCUT2D eigenvalue weighted by molar-refractivity contribution is 7.87. The Morgan fingerprint density at radius 1 is 0.889 bits per heavy atom. The molecule has 4 nitrogen and oxygen atoms in total. The van der Waals surface area contributed by atoms with E-state index in [-0.39, 0.29) is 0 Å². The van der Waals surface area contributed by atoms with Crippen molar-refractivity contribution in [2.24, 2.45) is 0 Å². The van der Waals surface area contributed by atoms with Crippen molar-refractivity contribution in [3.8, 4) is 0 Å². The monoisotopic (exact) mass is 290 g/mol. The molecule has 1 aromatic rings. The summed E-state index contributed by atoms with van der Waals surface area (Å²) in [5, 5.41) is 0. The summed E-state index contributed by atoms with van der Waals surface area (Å²) in [4.78, 5) is 8.17. The van der Waals surface area contributed by atoms with E-state index < -0.39 is 50.1 Å². The Bertz CT molecular complexity index is 596. The van der Waals surface area contributed by atoms with E-state index in [1.807, 2.05) is 0 Å². The molecule has 1 aromatic carbocycles. The van der Waals surface area contributed by atoms with Gasteiger partial charge in [0.05, 0.1) is 0 Å². The molecule has 0 N–H and O–H groups in total. The molecule has 0 aliphatic carbocycles. The fourth-order valence-corrected chi connectivity index (χ4v) is 2.01. The SMILES string of the molecule is CC(=O)OS(=O)(=O)c1c(F)c(F)c(F)c(F)c1F. The van der Waals surface area contributed by atoms with Gasteiger partial charge in [0, 0.05) is 6.92 Å². The summed E-state index contributed by atoms with van der Waals surface area (Å²) in [5.41, 5.74) is 0. The summed E-state index contributed by atoms with van der Waals surface area (Å²) < 4.78 is 89.9. The van der Waals surface area contributed by atoms with E-state index >= 15 is 0 Å². The Morgan fingerprint density at radius 3 is 1.56 bits per heavy atom. The van der Waals surface area contributed by atoms with Crippen molar-refractivity contribution < 1.29 is 39.3 Å². The summed E-state index contributed by atoms with van der Waals surface area (Å²) in [6, 6.07) is 0. The van der Waals surface area contributed by atoms with Crippen molar-refractivity contribution in [3.05, 3.63) is 29.1 Å². The lowest BCUT2D eigenvalue weighted by Gasteiger charge is -2.08. The summed E-state index contributed by atoms with van der Waals surface area (Å²) in [6.07, 6.45) is 0. The highest BCUT2D eigenvalue weighted by Crippen LogP contribution is 2.27. The fraction of sp³-hybridized carbons (Fsp3) is 0.125. The molecule has 0 radical (unpaired) electrons. The van der Waals surface area contributed by atoms with Gasteiger partial charge in [-0.2, -0.15) is 8.42 Å². The molecule has 0 saturated heterocycles. The van der Waals surface area contributed by atoms with Crippen molar-refractivity contribution in [2.75, 3.05) is 0 Å². The average molecular weight is 290 g/mol. The lowest BCUT2D eigenvalue weighted by atomic mass is 10.3. The molecule has 0 aromatic heterocycles. The van der Waals surface area contributed by atoms with Crippen LogP contribution in [0.2, 0.25) is 0 Å². The average Bonchev–Trinajstić information content (AvgIpc) is 2.21. The van der Waals surface area contributed by atoms with Crippen LogP contribution in [0.5, 0.6) is 0 Å². The lowest BCUT2D eigenvalue weighted by molar-refractivity contribution is -0.131. The van der Waals surface area contributed by atoms with Gasteiger partial charge in [-0.15, -0.1) is 0 Å². The van der Waals surface area contributed by atoms with Crippen LogP contribution in [-0.2, 0) is 19.1 Å². The van der Waals surface area contributed by atoms with Crippen LogP contribution in [0.1, 0.15) is 6.92 Å². The van der Waals surface area contributed by atoms with Crippen LogP contribution in [0.25, 0.3) is 0 Å². The van der Waals surface area contributed by atoms with Gasteiger partial charge < -0.3 is 4.18 Å². The minimum atomic E-state index is -5.43. The van der Waals surface area contributed by atoms with Crippen LogP contribution < -0.4 is 0 Å². The highest BCUT2D eigenvalue weighted by Gasteiger charge is 2.35. The van der Waals surface area contributed by atoms with Crippen molar-refractivity contribution >= 4 is 16.1 Å². The first-order valence-electron chi connectivity index (χ1n) is 4.06. The van der Waals surface area contributed by atoms with E-state index in [0.29, 0.717) is 6.92 Å². The molecule has 0 bridgehead atoms. The molecule has 0 saturated carbocycles. The normalized spacial score (nSPS) is 11.4. The van der Waals surface area contributed by atoms with E-state index in [1.165, 1.54) is 0 Å². The summed E-state index contributed by atoms with van der Waals surface area (Å²) in [5.74, 6) is -14.1. The molecule has 0 spiro atoms. The Hall–Kier alpha value is -1.71. The second-order valence-corrected chi connectivity index (χ2v) is 4.41. The zero-order valence-electron chi connectivity index (χ0n) is 8.43. The van der Waals surface area contributed by atoms with Gasteiger partial charge in [0.2, 0.25) is 5.82 Å². The largest absolute Gasteiger partial charge is 0.347 e. The van der Waals surface area contributed by atoms with Crippen LogP contribution >= 0.6 is 0 Å². The molecule has 0 aliphatic rings. The third-order valence-electron chi connectivity index (χ3n) is 1.65. The molecule has 100 valence electrons. The number of halogens is 5. The topological polar surface area (TPSA) is 60.4 Å². The first-order chi connectivity index (χ1) is 8.09. The Balaban J connectivity index is 3.67. The molecule has 0 fully saturated rings. The molecule has 18 heavy (non-hydrogen) atoms. The second kappa shape index (κ2) is 4.52. The van der Waals surface area contributed by atoms with Crippen molar-refractivity contribution in [2.45, 2.75) is 11.8 Å². The predicted molar refractivity (Wildman–Crippen MR) is 45.2 cm³/mol. The molecule has 0 atom stereocenters. The lowest BCUT2D eigenvalue weighted by Crippen LogP contribution is -2.17. The van der Waals surface area contributed by atoms with Gasteiger partial charge in [0.25, 0.3) is 0 Å². The number of hydrogen-bond donors (Lipinski definition) is 0. The van der Waals surface area contributed by atoms with Gasteiger partial charge >= 0.3 is 16.1 Å². The van der Waals surface area contributed by atoms with Crippen molar-refractivity contribution in [1.82, 2.24) is 0 Å². The van der Waals surface area contributed by atoms with E-state index in [9.17, 15) is 35.2 Å². The molecule has 0 amide bonds. The first kappa shape index (κ1) is 14.4. The Morgan fingerprint density at radius 2 is 1.22 bits per heavy atom. The van der Waals surface area contributed by atoms with Crippen molar-refractivity contribution in [1.29, 1.82) is 0 Å². The minimum Gasteiger partial charge on any atom is -0.342 e. The van der Waals surface area contributed by atoms with Crippen LogP contribution in [-0.4, -0.2) is 14.4 Å². The van der Waals surface area contributed by atoms with Gasteiger partial charge in [-0.25, -0.2) is 22.0 Å². The van der Waals surface area contributed by atoms with Gasteiger partial charge in [0.1, 0.15) is 0 Å². The maximum Gasteiger partial charge on any atom is 0.347 e. The molecular formula is C8H3F5O4S. The summed E-state index contributed by atoms with van der Waals surface area (Å²) in [7, 11) is -5.43. The predicted octanol–water partition coefficient (Wildman–Crippen LogP) is 1.63. The van der Waals surface area contributed by atoms with E-state index in [4.69, 9.17) is 0 Å². The van der Waals surface area contributed by atoms with Crippen LogP contribution in [0, 0.1) is 29.1 Å². The molecule has 1 rings (SSSR count). The van der Waals surface area contributed by atoms with Crippen LogP contribution in [0.15, 0.2) is 4.90 Å². The van der Waals surface area contributed by atoms with Gasteiger partial charge in [0.15, 0.2) is 28.2 Å². The molecule has 0 heterocycles. The maximum atomic E-state index is 13.1. The number of carbonyl (C=O) groups excluding carboxylic acids is 1. The third kappa shape index (κ3) is 2.28. The van der Waals surface area contributed by atoms with Crippen LogP contribution in [0.4, 0.5) is 22.0 Å². The van der Waals surface area contributed by atoms with E-state index in [2.05, 4.69) is 4.18 Å². The van der Waals surface area contributed by atoms with E-state index in [0.717, 1.165) is 0 Å². The van der Waals surface area contributed by atoms with Gasteiger partial charge in [-0.1, -0.05) is 0 Å². The van der Waals surface area contributed by atoms with E-state index in [1.54, 1.807) is 0 Å². The molecule has 10 heteroatoms. The quantitative estimate of drug-likeness (QED) is 0.359. The third-order valence-corrected chi connectivity index (χ3v) is 2.96. The highest BCUT2D eigenvalue weighted by atomic mass is 32.2. The smallest absolute Gasteiger partial charge is 0.342 e. The number of carbonyl (C=O) groups is 1. The van der Waals surface area contributed by atoms with Crippen molar-refractivity contribution in [3.63, 3.8) is 0 Å². The Kier molecular flexibility index (Phi) is 3.60. The first-order valence-corrected chi connectivity index (χ1v) is 5.47. The Labute approximate surface area is 97.1 Å². The maximum absolute atomic E-state index is 13.1. The molecule has 0 unspecified atom stereocenters. The zero-order chi connectivity index (χ0) is 14.2. The number of hydrogen-bond acceptors (Lipinski definition) is 4. The zero-order valence-corrected chi connectivity index (χ0v) is 9.25. The number of benzene rings is 1. The summed E-state index contributed by atoms with van der Waals surface area (Å²) in [6.45, 7) is 0.573. The molecular weight excluding hydrogens is 287 g/mol. The standard InChI is InChI=1S/C8H3F5O4S/c1-2(14)17-18(15,16)8-6(12)4(10)3(9)5(11)7(8)13/h1H3. The minimum absolute atomic E-state index is 0.573. The van der Waals surface area contributed by atoms with Crippen LogP contribution in [0.3, 0.4) is 0 Å². The summed E-state index contributed by atoms with van der Waals surface area (Å²) >= 11 is 0. The van der Waals surface area contributed by atoms with Gasteiger partial charge in [-0.3, -0.25) is 4.79 Å². The fourth-order valence-electron chi connectivity index (χ4n) is 1.00. The van der Waals surface area contributed by atoms with Gasteiger partial charge in [-0.05, 0) is 0 Å². The second-order valence-electron chi connectivity index (χ2n) is 2.93.